The molecule has 0 aromatic carbocycles. The van der Waals surface area contributed by atoms with Gasteiger partial charge in [-0.2, -0.15) is 4.31 Å². The van der Waals surface area contributed by atoms with Gasteiger partial charge in [-0.15, -0.1) is 11.3 Å². The summed E-state index contributed by atoms with van der Waals surface area (Å²) in [6, 6.07) is 4.23. The number of nitrogens with zero attached hydrogens (tertiary/aromatic N) is 2. The molecule has 4 nitrogen and oxygen atoms in total. The Labute approximate surface area is 127 Å². The molecule has 0 N–H and O–H groups in total. The molecular formula is C14H15FN2O2S2. The Morgan fingerprint density at radius 1 is 1.48 bits per heavy atom. The van der Waals surface area contributed by atoms with E-state index in [1.807, 2.05) is 18.4 Å². The van der Waals surface area contributed by atoms with Crippen molar-refractivity contribution < 1.29 is 12.8 Å². The number of rotatable bonds is 3. The third-order valence-electron chi connectivity index (χ3n) is 3.71. The van der Waals surface area contributed by atoms with Gasteiger partial charge in [0.25, 0.3) is 10.0 Å². The van der Waals surface area contributed by atoms with Gasteiger partial charge >= 0.3 is 0 Å². The van der Waals surface area contributed by atoms with Gasteiger partial charge in [0.15, 0.2) is 5.82 Å². The molecule has 0 bridgehead atoms. The van der Waals surface area contributed by atoms with Crippen molar-refractivity contribution in [3.63, 3.8) is 0 Å². The van der Waals surface area contributed by atoms with Gasteiger partial charge in [-0.05, 0) is 42.0 Å². The van der Waals surface area contributed by atoms with E-state index in [9.17, 15) is 12.8 Å². The Hall–Kier alpha value is -1.31. The summed E-state index contributed by atoms with van der Waals surface area (Å²) in [5.41, 5.74) is 1.04. The summed E-state index contributed by atoms with van der Waals surface area (Å²) in [5, 5.41) is 1.49. The normalized spacial score (nSPS) is 19.4. The van der Waals surface area contributed by atoms with Crippen molar-refractivity contribution in [3.8, 4) is 0 Å². The number of thiophene rings is 1. The van der Waals surface area contributed by atoms with E-state index in [1.54, 1.807) is 11.3 Å². The van der Waals surface area contributed by atoms with Gasteiger partial charge in [-0.25, -0.2) is 17.8 Å². The molecule has 0 saturated heterocycles. The predicted molar refractivity (Wildman–Crippen MR) is 79.1 cm³/mol. The summed E-state index contributed by atoms with van der Waals surface area (Å²) < 4.78 is 40.7. The Morgan fingerprint density at radius 2 is 2.29 bits per heavy atom. The number of hydrogen-bond acceptors (Lipinski definition) is 4. The molecule has 1 atom stereocenters. The number of pyridine rings is 1. The number of aromatic nitrogens is 1. The molecule has 2 aromatic heterocycles. The Morgan fingerprint density at radius 3 is 3.00 bits per heavy atom. The van der Waals surface area contributed by atoms with E-state index in [1.165, 1.54) is 21.4 Å². The highest BCUT2D eigenvalue weighted by atomic mass is 32.2. The van der Waals surface area contributed by atoms with Crippen molar-refractivity contribution in [3.05, 3.63) is 46.0 Å². The van der Waals surface area contributed by atoms with Gasteiger partial charge in [-0.3, -0.25) is 0 Å². The quantitative estimate of drug-likeness (QED) is 0.871. The van der Waals surface area contributed by atoms with Gasteiger partial charge in [-0.1, -0.05) is 6.92 Å². The molecule has 7 heteroatoms. The number of sulfonamides is 1. The molecule has 2 aromatic rings. The fraction of sp³-hybridized carbons (Fsp3) is 0.357. The number of fused-ring (bicyclic) bond motifs is 1. The number of halogens is 1. The second kappa shape index (κ2) is 5.47. The van der Waals surface area contributed by atoms with E-state index in [2.05, 4.69) is 4.98 Å². The topological polar surface area (TPSA) is 50.3 Å². The molecule has 1 unspecified atom stereocenters. The SMILES string of the molecule is CCC1c2ccsc2CCN1S(=O)(=O)c1ncccc1F. The van der Waals surface area contributed by atoms with Crippen LogP contribution < -0.4 is 0 Å². The minimum atomic E-state index is -3.92. The summed E-state index contributed by atoms with van der Waals surface area (Å²) in [5.74, 6) is -0.802. The summed E-state index contributed by atoms with van der Waals surface area (Å²) in [6.07, 6.45) is 2.62. The molecule has 0 saturated carbocycles. The first-order valence-electron chi connectivity index (χ1n) is 6.74. The zero-order valence-electron chi connectivity index (χ0n) is 11.5. The second-order valence-corrected chi connectivity index (χ2v) is 7.69. The molecular weight excluding hydrogens is 311 g/mol. The standard InChI is InChI=1S/C14H15FN2O2S2/c1-2-12-10-6-9-20-13(10)5-8-17(12)21(18,19)14-11(15)4-3-7-16-14/h3-4,6-7,9,12H,2,5,8H2,1H3. The first-order valence-corrected chi connectivity index (χ1v) is 9.06. The molecule has 0 aliphatic carbocycles. The molecule has 3 rings (SSSR count). The largest absolute Gasteiger partial charge is 0.264 e. The molecule has 0 spiro atoms. The van der Waals surface area contributed by atoms with Crippen molar-refractivity contribution in [1.29, 1.82) is 0 Å². The molecule has 21 heavy (non-hydrogen) atoms. The molecule has 3 heterocycles. The first kappa shape index (κ1) is 14.6. The van der Waals surface area contributed by atoms with Gasteiger partial charge in [0.1, 0.15) is 0 Å². The fourth-order valence-electron chi connectivity index (χ4n) is 2.76. The maximum absolute atomic E-state index is 13.8. The minimum absolute atomic E-state index is 0.244. The lowest BCUT2D eigenvalue weighted by Crippen LogP contribution is -2.39. The fourth-order valence-corrected chi connectivity index (χ4v) is 5.34. The van der Waals surface area contributed by atoms with Gasteiger partial charge < -0.3 is 0 Å². The average molecular weight is 326 g/mol. The summed E-state index contributed by atoms with van der Waals surface area (Å²) >= 11 is 1.64. The zero-order valence-corrected chi connectivity index (χ0v) is 13.1. The molecule has 0 fully saturated rings. The van der Waals surface area contributed by atoms with Crippen molar-refractivity contribution in [2.24, 2.45) is 0 Å². The monoisotopic (exact) mass is 326 g/mol. The second-order valence-electron chi connectivity index (χ2n) is 4.88. The molecule has 0 amide bonds. The zero-order chi connectivity index (χ0) is 15.0. The maximum atomic E-state index is 13.8. The predicted octanol–water partition coefficient (Wildman–Crippen LogP) is 2.98. The van der Waals surface area contributed by atoms with Crippen LogP contribution in [0.1, 0.15) is 29.8 Å². The van der Waals surface area contributed by atoms with E-state index in [4.69, 9.17) is 0 Å². The van der Waals surface area contributed by atoms with Crippen LogP contribution >= 0.6 is 11.3 Å². The van der Waals surface area contributed by atoms with Crippen molar-refractivity contribution in [1.82, 2.24) is 9.29 Å². The van der Waals surface area contributed by atoms with Crippen molar-refractivity contribution >= 4 is 21.4 Å². The minimum Gasteiger partial charge on any atom is -0.241 e. The van der Waals surface area contributed by atoms with E-state index in [0.29, 0.717) is 19.4 Å². The van der Waals surface area contributed by atoms with Gasteiger partial charge in [0, 0.05) is 17.6 Å². The molecule has 0 radical (unpaired) electrons. The van der Waals surface area contributed by atoms with Crippen LogP contribution in [-0.2, 0) is 16.4 Å². The Bertz CT molecular complexity index is 758. The van der Waals surface area contributed by atoms with Crippen LogP contribution in [0, 0.1) is 5.82 Å². The molecule has 112 valence electrons. The van der Waals surface area contributed by atoms with E-state index < -0.39 is 20.9 Å². The van der Waals surface area contributed by atoms with Crippen LogP contribution in [0.15, 0.2) is 34.8 Å². The summed E-state index contributed by atoms with van der Waals surface area (Å²) in [7, 11) is -3.92. The van der Waals surface area contributed by atoms with E-state index in [0.717, 1.165) is 11.6 Å². The van der Waals surface area contributed by atoms with Crippen LogP contribution in [0.5, 0.6) is 0 Å². The lowest BCUT2D eigenvalue weighted by atomic mass is 10.0. The maximum Gasteiger partial charge on any atom is 0.264 e. The highest BCUT2D eigenvalue weighted by Gasteiger charge is 2.37. The van der Waals surface area contributed by atoms with Crippen LogP contribution in [0.25, 0.3) is 0 Å². The average Bonchev–Trinajstić information content (AvgIpc) is 2.94. The van der Waals surface area contributed by atoms with Gasteiger partial charge in [0.2, 0.25) is 5.03 Å². The van der Waals surface area contributed by atoms with Crippen LogP contribution in [-0.4, -0.2) is 24.3 Å². The van der Waals surface area contributed by atoms with Crippen LogP contribution in [0.3, 0.4) is 0 Å². The lowest BCUT2D eigenvalue weighted by molar-refractivity contribution is 0.300. The first-order chi connectivity index (χ1) is 10.1. The third-order valence-corrected chi connectivity index (χ3v) is 6.55. The highest BCUT2D eigenvalue weighted by molar-refractivity contribution is 7.89. The lowest BCUT2D eigenvalue weighted by Gasteiger charge is -2.34. The highest BCUT2D eigenvalue weighted by Crippen LogP contribution is 2.38. The molecule has 1 aliphatic heterocycles. The van der Waals surface area contributed by atoms with E-state index >= 15 is 0 Å². The number of hydrogen-bond donors (Lipinski definition) is 0. The molecule has 1 aliphatic rings. The van der Waals surface area contributed by atoms with Crippen LogP contribution in [0.4, 0.5) is 4.39 Å². The van der Waals surface area contributed by atoms with Crippen molar-refractivity contribution in [2.75, 3.05) is 6.54 Å². The van der Waals surface area contributed by atoms with Gasteiger partial charge in [0.05, 0.1) is 6.04 Å². The third kappa shape index (κ3) is 2.39. The Kier molecular flexibility index (Phi) is 3.81. The van der Waals surface area contributed by atoms with Crippen LogP contribution in [0.2, 0.25) is 0 Å². The van der Waals surface area contributed by atoms with E-state index in [-0.39, 0.29) is 6.04 Å². The Balaban J connectivity index is 2.06. The smallest absolute Gasteiger partial charge is 0.241 e. The summed E-state index contributed by atoms with van der Waals surface area (Å²) in [6.45, 7) is 2.30. The summed E-state index contributed by atoms with van der Waals surface area (Å²) in [4.78, 5) is 4.95. The van der Waals surface area contributed by atoms with Crippen molar-refractivity contribution in [2.45, 2.75) is 30.8 Å².